The zero-order chi connectivity index (χ0) is 8.97. The normalized spacial score (nSPS) is 21.0. The Kier molecular flexibility index (Phi) is 3.09. The summed E-state index contributed by atoms with van der Waals surface area (Å²) in [6, 6.07) is 0. The van der Waals surface area contributed by atoms with Gasteiger partial charge in [-0.1, -0.05) is 0 Å². The third kappa shape index (κ3) is 2.23. The van der Waals surface area contributed by atoms with Gasteiger partial charge in [0.25, 0.3) is 6.20 Å². The minimum atomic E-state index is -0.538. The summed E-state index contributed by atoms with van der Waals surface area (Å²) < 4.78 is 0. The van der Waals surface area contributed by atoms with E-state index in [9.17, 15) is 14.9 Å². The van der Waals surface area contributed by atoms with E-state index in [0.717, 1.165) is 18.4 Å². The number of rotatable bonds is 2. The lowest BCUT2D eigenvalue weighted by Gasteiger charge is -2.22. The topological polar surface area (TPSA) is 63.5 Å². The molecular weight excluding hydrogens is 180 g/mol. The van der Waals surface area contributed by atoms with Crippen LogP contribution in [0.1, 0.15) is 6.42 Å². The summed E-state index contributed by atoms with van der Waals surface area (Å²) >= 11 is 1.34. The molecule has 6 heteroatoms. The predicted octanol–water partition coefficient (Wildman–Crippen LogP) is 0.657. The molecule has 1 heterocycles. The molecule has 0 saturated carbocycles. The Bertz CT molecular complexity index is 229. The fourth-order valence-electron chi connectivity index (χ4n) is 0.911. The van der Waals surface area contributed by atoms with E-state index in [2.05, 4.69) is 0 Å². The molecule has 1 rings (SSSR count). The second-order valence-corrected chi connectivity index (χ2v) is 3.37. The van der Waals surface area contributed by atoms with Crippen molar-refractivity contribution in [3.63, 3.8) is 0 Å². The first kappa shape index (κ1) is 9.05. The molecule has 0 spiro atoms. The molecule has 0 bridgehead atoms. The van der Waals surface area contributed by atoms with Gasteiger partial charge in [0.1, 0.15) is 5.03 Å². The fraction of sp³-hybridized carbons (Fsp3) is 0.500. The van der Waals surface area contributed by atoms with Gasteiger partial charge in [0, 0.05) is 12.3 Å². The van der Waals surface area contributed by atoms with Crippen molar-refractivity contribution in [2.45, 2.75) is 6.42 Å². The molecular formula is C6H8N2O3S. The van der Waals surface area contributed by atoms with Crippen LogP contribution in [0.5, 0.6) is 0 Å². The molecule has 1 aliphatic rings. The molecule has 5 nitrogen and oxygen atoms in total. The summed E-state index contributed by atoms with van der Waals surface area (Å²) in [7, 11) is 0. The van der Waals surface area contributed by atoms with Crippen LogP contribution in [-0.2, 0) is 4.79 Å². The van der Waals surface area contributed by atoms with Crippen LogP contribution in [0, 0.1) is 10.1 Å². The van der Waals surface area contributed by atoms with Gasteiger partial charge in [-0.25, -0.2) is 0 Å². The molecule has 12 heavy (non-hydrogen) atoms. The van der Waals surface area contributed by atoms with Crippen molar-refractivity contribution in [2.24, 2.45) is 0 Å². The van der Waals surface area contributed by atoms with E-state index in [1.165, 1.54) is 16.7 Å². The summed E-state index contributed by atoms with van der Waals surface area (Å²) in [5.74, 6) is 0.837. The Morgan fingerprint density at radius 2 is 2.42 bits per heavy atom. The molecule has 0 aromatic rings. The van der Waals surface area contributed by atoms with Crippen LogP contribution in [0.25, 0.3) is 0 Å². The molecule has 0 aliphatic carbocycles. The number of amides is 1. The van der Waals surface area contributed by atoms with Crippen molar-refractivity contribution in [2.75, 3.05) is 12.3 Å². The Morgan fingerprint density at radius 1 is 1.67 bits per heavy atom. The lowest BCUT2D eigenvalue weighted by molar-refractivity contribution is -0.403. The van der Waals surface area contributed by atoms with E-state index >= 15 is 0 Å². The predicted molar refractivity (Wildman–Crippen MR) is 44.9 cm³/mol. The van der Waals surface area contributed by atoms with Crippen LogP contribution in [-0.4, -0.2) is 28.5 Å². The molecule has 0 atom stereocenters. The first-order valence-electron chi connectivity index (χ1n) is 3.44. The summed E-state index contributed by atoms with van der Waals surface area (Å²) in [6.45, 7) is 0.580. The van der Waals surface area contributed by atoms with Gasteiger partial charge in [0.2, 0.25) is 6.41 Å². The number of carbonyl (C=O) groups excluding carboxylic acids is 1. The van der Waals surface area contributed by atoms with Crippen LogP contribution in [0.15, 0.2) is 11.2 Å². The Labute approximate surface area is 73.6 Å². The zero-order valence-electron chi connectivity index (χ0n) is 6.30. The molecule has 0 unspecified atom stereocenters. The highest BCUT2D eigenvalue weighted by molar-refractivity contribution is 8.03. The largest absolute Gasteiger partial charge is 0.304 e. The first-order valence-corrected chi connectivity index (χ1v) is 4.42. The van der Waals surface area contributed by atoms with E-state index in [0.29, 0.717) is 18.0 Å². The summed E-state index contributed by atoms with van der Waals surface area (Å²) in [4.78, 5) is 21.3. The number of hydrogen-bond acceptors (Lipinski definition) is 4. The summed E-state index contributed by atoms with van der Waals surface area (Å²) in [5, 5.41) is 10.5. The van der Waals surface area contributed by atoms with Gasteiger partial charge in [-0.2, -0.15) is 0 Å². The second kappa shape index (κ2) is 4.10. The van der Waals surface area contributed by atoms with Crippen molar-refractivity contribution < 1.29 is 9.72 Å². The van der Waals surface area contributed by atoms with Crippen LogP contribution >= 0.6 is 11.8 Å². The van der Waals surface area contributed by atoms with E-state index in [1.807, 2.05) is 0 Å². The third-order valence-electron chi connectivity index (χ3n) is 1.42. The molecule has 1 saturated heterocycles. The Balaban J connectivity index is 2.70. The second-order valence-electron chi connectivity index (χ2n) is 2.25. The smallest absolute Gasteiger partial charge is 0.264 e. The first-order chi connectivity index (χ1) is 5.74. The monoisotopic (exact) mass is 188 g/mol. The van der Waals surface area contributed by atoms with Crippen LogP contribution < -0.4 is 0 Å². The van der Waals surface area contributed by atoms with Gasteiger partial charge in [-0.05, 0) is 6.42 Å². The standard InChI is InChI=1S/C6H8N2O3S/c9-5-7-2-1-3-12-6(7)4-8(10)11/h4-5H,1-3H2/b6-4-. The van der Waals surface area contributed by atoms with Crippen LogP contribution in [0.3, 0.4) is 0 Å². The minimum absolute atomic E-state index is 0.432. The van der Waals surface area contributed by atoms with Crippen molar-refractivity contribution in [3.8, 4) is 0 Å². The molecule has 0 aromatic carbocycles. The van der Waals surface area contributed by atoms with Crippen LogP contribution in [0.2, 0.25) is 0 Å². The average Bonchev–Trinajstić information content (AvgIpc) is 2.04. The van der Waals surface area contributed by atoms with Crippen molar-refractivity contribution in [3.05, 3.63) is 21.3 Å². The number of carbonyl (C=O) groups is 1. The lowest BCUT2D eigenvalue weighted by Crippen LogP contribution is -2.25. The van der Waals surface area contributed by atoms with E-state index in [4.69, 9.17) is 0 Å². The molecule has 1 aliphatic heterocycles. The molecule has 1 fully saturated rings. The Hall–Kier alpha value is -1.04. The highest BCUT2D eigenvalue weighted by atomic mass is 32.2. The highest BCUT2D eigenvalue weighted by Crippen LogP contribution is 2.24. The van der Waals surface area contributed by atoms with Gasteiger partial charge in [-0.15, -0.1) is 11.8 Å². The summed E-state index contributed by atoms with van der Waals surface area (Å²) in [6.07, 6.45) is 2.39. The maximum Gasteiger partial charge on any atom is 0.264 e. The maximum absolute atomic E-state index is 10.4. The zero-order valence-corrected chi connectivity index (χ0v) is 7.12. The maximum atomic E-state index is 10.4. The molecule has 0 N–H and O–H groups in total. The van der Waals surface area contributed by atoms with Crippen molar-refractivity contribution >= 4 is 18.2 Å². The van der Waals surface area contributed by atoms with E-state index < -0.39 is 4.92 Å². The van der Waals surface area contributed by atoms with Gasteiger partial charge in [0.05, 0.1) is 4.92 Å². The van der Waals surface area contributed by atoms with Crippen LogP contribution in [0.4, 0.5) is 0 Å². The van der Waals surface area contributed by atoms with Gasteiger partial charge < -0.3 is 4.90 Å². The average molecular weight is 188 g/mol. The molecule has 0 aromatic heterocycles. The van der Waals surface area contributed by atoms with E-state index in [1.54, 1.807) is 0 Å². The summed E-state index contributed by atoms with van der Waals surface area (Å²) in [5.41, 5.74) is 0. The number of hydrogen-bond donors (Lipinski definition) is 0. The molecule has 66 valence electrons. The van der Waals surface area contributed by atoms with Crippen molar-refractivity contribution in [1.82, 2.24) is 4.90 Å². The fourth-order valence-corrected chi connectivity index (χ4v) is 1.85. The SMILES string of the molecule is O=CN1CCCS/C1=C\[N+](=O)[O-]. The number of thioether (sulfide) groups is 1. The van der Waals surface area contributed by atoms with Gasteiger partial charge in [0.15, 0.2) is 0 Å². The van der Waals surface area contributed by atoms with Gasteiger partial charge >= 0.3 is 0 Å². The van der Waals surface area contributed by atoms with Crippen molar-refractivity contribution in [1.29, 1.82) is 0 Å². The lowest BCUT2D eigenvalue weighted by atomic mass is 10.4. The number of nitrogens with zero attached hydrogens (tertiary/aromatic N) is 2. The van der Waals surface area contributed by atoms with Gasteiger partial charge in [-0.3, -0.25) is 14.9 Å². The molecule has 0 radical (unpaired) electrons. The highest BCUT2D eigenvalue weighted by Gasteiger charge is 2.17. The third-order valence-corrected chi connectivity index (χ3v) is 2.55. The van der Waals surface area contributed by atoms with E-state index in [-0.39, 0.29) is 0 Å². The quantitative estimate of drug-likeness (QED) is 0.362. The molecule has 1 amide bonds. The number of nitro groups is 1. The minimum Gasteiger partial charge on any atom is -0.304 e. The Morgan fingerprint density at radius 3 is 3.00 bits per heavy atom.